The molecular formula is C9H5BrClF2N5. The van der Waals surface area contributed by atoms with Crippen LogP contribution >= 0.6 is 27.5 Å². The van der Waals surface area contributed by atoms with Gasteiger partial charge in [0.25, 0.3) is 0 Å². The highest BCUT2D eigenvalue weighted by atomic mass is 79.9. The number of nitrogens with one attached hydrogen (secondary N) is 1. The van der Waals surface area contributed by atoms with Crippen molar-refractivity contribution >= 4 is 45.1 Å². The predicted molar refractivity (Wildman–Crippen MR) is 66.6 cm³/mol. The molecule has 0 radical (unpaired) electrons. The average molecular weight is 337 g/mol. The lowest BCUT2D eigenvalue weighted by Gasteiger charge is -2.08. The molecule has 1 aromatic carbocycles. The molecule has 2 aromatic rings. The molecule has 1 heterocycles. The molecule has 94 valence electrons. The van der Waals surface area contributed by atoms with Crippen molar-refractivity contribution in [2.45, 2.75) is 0 Å². The minimum atomic E-state index is -0.808. The lowest BCUT2D eigenvalue weighted by molar-refractivity contribution is 0.589. The third-order valence-electron chi connectivity index (χ3n) is 1.87. The number of aromatic nitrogens is 3. The summed E-state index contributed by atoms with van der Waals surface area (Å²) >= 11 is 8.51. The summed E-state index contributed by atoms with van der Waals surface area (Å²) < 4.78 is 27.3. The fourth-order valence-corrected chi connectivity index (χ4v) is 1.76. The highest BCUT2D eigenvalue weighted by molar-refractivity contribution is 9.10. The molecule has 0 aliphatic rings. The Hall–Kier alpha value is -1.54. The maximum Gasteiger partial charge on any atom is 0.233 e. The standard InChI is InChI=1S/C9H5BrClF2N5/c10-3-1-4(12)6(5(13)2-3)15-9-17-7(11)16-8(14)18-9/h1-2H,(H3,14,15,16,17,18). The summed E-state index contributed by atoms with van der Waals surface area (Å²) in [4.78, 5) is 10.8. The van der Waals surface area contributed by atoms with E-state index in [0.717, 1.165) is 12.1 Å². The van der Waals surface area contributed by atoms with Gasteiger partial charge in [0.2, 0.25) is 17.2 Å². The third kappa shape index (κ3) is 2.82. The van der Waals surface area contributed by atoms with E-state index in [9.17, 15) is 8.78 Å². The van der Waals surface area contributed by atoms with Crippen LogP contribution in [0.3, 0.4) is 0 Å². The van der Waals surface area contributed by atoms with Gasteiger partial charge in [-0.15, -0.1) is 0 Å². The van der Waals surface area contributed by atoms with Crippen molar-refractivity contribution in [3.8, 4) is 0 Å². The molecule has 0 unspecified atom stereocenters. The molecule has 0 atom stereocenters. The molecule has 5 nitrogen and oxygen atoms in total. The van der Waals surface area contributed by atoms with Crippen LogP contribution in [0.5, 0.6) is 0 Å². The van der Waals surface area contributed by atoms with E-state index >= 15 is 0 Å². The molecule has 9 heteroatoms. The first-order chi connectivity index (χ1) is 8.45. The number of nitrogens with two attached hydrogens (primary N) is 1. The largest absolute Gasteiger partial charge is 0.368 e. The summed E-state index contributed by atoms with van der Waals surface area (Å²) in [5.74, 6) is -1.92. The number of benzene rings is 1. The van der Waals surface area contributed by atoms with Crippen LogP contribution < -0.4 is 11.1 Å². The summed E-state index contributed by atoms with van der Waals surface area (Å²) in [6, 6.07) is 2.19. The number of anilines is 3. The predicted octanol–water partition coefficient (Wildman–Crippen LogP) is 2.89. The SMILES string of the molecule is Nc1nc(Cl)nc(Nc2c(F)cc(Br)cc2F)n1. The van der Waals surface area contributed by atoms with E-state index in [0.29, 0.717) is 0 Å². The molecule has 0 amide bonds. The van der Waals surface area contributed by atoms with Gasteiger partial charge in [-0.1, -0.05) is 15.9 Å². The van der Waals surface area contributed by atoms with E-state index in [1.165, 1.54) is 0 Å². The Morgan fingerprint density at radius 1 is 1.17 bits per heavy atom. The molecule has 0 spiro atoms. The van der Waals surface area contributed by atoms with Gasteiger partial charge < -0.3 is 11.1 Å². The molecular weight excluding hydrogens is 331 g/mol. The molecule has 0 saturated heterocycles. The van der Waals surface area contributed by atoms with Crippen LogP contribution in [0.1, 0.15) is 0 Å². The van der Waals surface area contributed by atoms with E-state index in [1.54, 1.807) is 0 Å². The lowest BCUT2D eigenvalue weighted by Crippen LogP contribution is -2.05. The fourth-order valence-electron chi connectivity index (χ4n) is 1.19. The molecule has 1 aromatic heterocycles. The Morgan fingerprint density at radius 3 is 2.33 bits per heavy atom. The smallest absolute Gasteiger partial charge is 0.233 e. The monoisotopic (exact) mass is 335 g/mol. The van der Waals surface area contributed by atoms with Crippen LogP contribution in [0.2, 0.25) is 5.28 Å². The quantitative estimate of drug-likeness (QED) is 0.882. The minimum absolute atomic E-state index is 0.146. The summed E-state index contributed by atoms with van der Waals surface area (Å²) in [5.41, 5.74) is 4.93. The van der Waals surface area contributed by atoms with E-state index in [4.69, 9.17) is 17.3 Å². The van der Waals surface area contributed by atoms with Gasteiger partial charge in [-0.25, -0.2) is 8.78 Å². The first kappa shape index (κ1) is 12.9. The van der Waals surface area contributed by atoms with Gasteiger partial charge in [-0.2, -0.15) is 15.0 Å². The third-order valence-corrected chi connectivity index (χ3v) is 2.50. The number of rotatable bonds is 2. The summed E-state index contributed by atoms with van der Waals surface area (Å²) in [6.45, 7) is 0. The maximum absolute atomic E-state index is 13.5. The zero-order valence-electron chi connectivity index (χ0n) is 8.59. The second kappa shape index (κ2) is 4.99. The molecule has 0 fully saturated rings. The van der Waals surface area contributed by atoms with Crippen molar-refractivity contribution in [2.24, 2.45) is 0 Å². The summed E-state index contributed by atoms with van der Waals surface area (Å²) in [5, 5.41) is 2.17. The van der Waals surface area contributed by atoms with Crippen LogP contribution in [0.4, 0.5) is 26.4 Å². The molecule has 0 saturated carbocycles. The van der Waals surface area contributed by atoms with Crippen LogP contribution in [-0.2, 0) is 0 Å². The fraction of sp³-hybridized carbons (Fsp3) is 0. The molecule has 3 N–H and O–H groups in total. The second-order valence-electron chi connectivity index (χ2n) is 3.16. The second-order valence-corrected chi connectivity index (χ2v) is 4.41. The molecule has 0 aliphatic carbocycles. The Balaban J connectivity index is 2.40. The Bertz CT molecular complexity index is 566. The summed E-state index contributed by atoms with van der Waals surface area (Å²) in [7, 11) is 0. The number of hydrogen-bond acceptors (Lipinski definition) is 5. The van der Waals surface area contributed by atoms with Gasteiger partial charge in [0, 0.05) is 4.47 Å². The number of hydrogen-bond donors (Lipinski definition) is 2. The van der Waals surface area contributed by atoms with Crippen molar-refractivity contribution in [1.29, 1.82) is 0 Å². The van der Waals surface area contributed by atoms with Gasteiger partial charge in [-0.05, 0) is 23.7 Å². The minimum Gasteiger partial charge on any atom is -0.368 e. The van der Waals surface area contributed by atoms with Crippen molar-refractivity contribution in [2.75, 3.05) is 11.1 Å². The first-order valence-electron chi connectivity index (χ1n) is 4.54. The molecule has 18 heavy (non-hydrogen) atoms. The van der Waals surface area contributed by atoms with Gasteiger partial charge in [0.05, 0.1) is 0 Å². The van der Waals surface area contributed by atoms with Crippen molar-refractivity contribution in [3.05, 3.63) is 33.5 Å². The van der Waals surface area contributed by atoms with Crippen molar-refractivity contribution in [3.63, 3.8) is 0 Å². The van der Waals surface area contributed by atoms with Gasteiger partial charge in [-0.3, -0.25) is 0 Å². The number of nitrogens with zero attached hydrogens (tertiary/aromatic N) is 3. The van der Waals surface area contributed by atoms with E-state index in [2.05, 4.69) is 36.2 Å². The summed E-state index contributed by atoms with van der Waals surface area (Å²) in [6.07, 6.45) is 0. The Morgan fingerprint density at radius 2 is 1.78 bits per heavy atom. The van der Waals surface area contributed by atoms with E-state index < -0.39 is 17.3 Å². The van der Waals surface area contributed by atoms with E-state index in [1.807, 2.05) is 0 Å². The average Bonchev–Trinajstić information content (AvgIpc) is 2.22. The van der Waals surface area contributed by atoms with Crippen LogP contribution in [0.15, 0.2) is 16.6 Å². The van der Waals surface area contributed by atoms with Gasteiger partial charge in [0.15, 0.2) is 11.6 Å². The zero-order chi connectivity index (χ0) is 13.3. The lowest BCUT2D eigenvalue weighted by atomic mass is 10.3. The molecule has 0 bridgehead atoms. The first-order valence-corrected chi connectivity index (χ1v) is 5.71. The highest BCUT2D eigenvalue weighted by Gasteiger charge is 2.12. The maximum atomic E-state index is 13.5. The van der Waals surface area contributed by atoms with Crippen LogP contribution in [-0.4, -0.2) is 15.0 Å². The normalized spacial score (nSPS) is 10.4. The topological polar surface area (TPSA) is 76.7 Å². The molecule has 0 aliphatic heterocycles. The van der Waals surface area contributed by atoms with Gasteiger partial charge in [0.1, 0.15) is 5.69 Å². The van der Waals surface area contributed by atoms with Crippen molar-refractivity contribution in [1.82, 2.24) is 15.0 Å². The van der Waals surface area contributed by atoms with Gasteiger partial charge >= 0.3 is 0 Å². The van der Waals surface area contributed by atoms with Crippen molar-refractivity contribution < 1.29 is 8.78 Å². The highest BCUT2D eigenvalue weighted by Crippen LogP contribution is 2.26. The Kier molecular flexibility index (Phi) is 3.58. The zero-order valence-corrected chi connectivity index (χ0v) is 10.9. The van der Waals surface area contributed by atoms with Crippen LogP contribution in [0.25, 0.3) is 0 Å². The van der Waals surface area contributed by atoms with Crippen LogP contribution in [0, 0.1) is 11.6 Å². The number of nitrogen functional groups attached to an aromatic ring is 1. The van der Waals surface area contributed by atoms with E-state index in [-0.39, 0.29) is 21.7 Å². The molecule has 2 rings (SSSR count). The Labute approximate surface area is 114 Å². The number of halogens is 4.